The molecule has 1 unspecified atom stereocenters. The van der Waals surface area contributed by atoms with Gasteiger partial charge in [0, 0.05) is 25.3 Å². The molecule has 0 bridgehead atoms. The van der Waals surface area contributed by atoms with E-state index in [1.54, 1.807) is 13.0 Å². The predicted octanol–water partition coefficient (Wildman–Crippen LogP) is 5.88. The van der Waals surface area contributed by atoms with Crippen LogP contribution >= 0.6 is 0 Å². The van der Waals surface area contributed by atoms with Gasteiger partial charge in [0.1, 0.15) is 5.78 Å². The molecule has 0 aromatic rings. The lowest BCUT2D eigenvalue weighted by Crippen LogP contribution is -2.13. The lowest BCUT2D eigenvalue weighted by atomic mass is 9.88. The van der Waals surface area contributed by atoms with E-state index in [1.807, 2.05) is 19.9 Å². The zero-order chi connectivity index (χ0) is 16.5. The number of Topliss-reactive ketones (excluding diaryl/α,β-unsaturated/α-hetero) is 1. The molecule has 0 fully saturated rings. The quantitative estimate of drug-likeness (QED) is 0.486. The summed E-state index contributed by atoms with van der Waals surface area (Å²) in [6, 6.07) is 0. The molecule has 0 radical (unpaired) electrons. The number of alkyl halides is 2. The van der Waals surface area contributed by atoms with Gasteiger partial charge in [0.05, 0.1) is 0 Å². The van der Waals surface area contributed by atoms with Gasteiger partial charge in [-0.3, -0.25) is 4.79 Å². The minimum atomic E-state index is -2.84. The van der Waals surface area contributed by atoms with E-state index in [0.717, 1.165) is 25.3 Å². The Bertz CT molecular complexity index is 411. The minimum absolute atomic E-state index is 0.00100. The Morgan fingerprint density at radius 1 is 1.14 bits per heavy atom. The van der Waals surface area contributed by atoms with Crippen LogP contribution in [-0.2, 0) is 4.79 Å². The summed E-state index contributed by atoms with van der Waals surface area (Å²) >= 11 is 0. The zero-order valence-electron chi connectivity index (χ0n) is 13.9. The van der Waals surface area contributed by atoms with Crippen LogP contribution in [0.1, 0.15) is 60.3 Å². The molecule has 0 aliphatic rings. The molecule has 1 atom stereocenters. The summed E-state index contributed by atoms with van der Waals surface area (Å²) in [6.07, 6.45) is 9.41. The van der Waals surface area contributed by atoms with Crippen molar-refractivity contribution in [1.82, 2.24) is 0 Å². The lowest BCUT2D eigenvalue weighted by molar-refractivity contribution is -0.119. The van der Waals surface area contributed by atoms with Gasteiger partial charge in [-0.1, -0.05) is 44.6 Å². The van der Waals surface area contributed by atoms with E-state index in [9.17, 15) is 13.6 Å². The first-order valence-corrected chi connectivity index (χ1v) is 7.70. The average molecular weight is 298 g/mol. The fraction of sp³-hybridized carbons (Fsp3) is 0.611. The second kappa shape index (κ2) is 9.64. The second-order valence-electron chi connectivity index (χ2n) is 5.34. The largest absolute Gasteiger partial charge is 0.300 e. The molecule has 0 aromatic carbocycles. The number of hydrogen-bond donors (Lipinski definition) is 0. The van der Waals surface area contributed by atoms with Gasteiger partial charge in [0.2, 0.25) is 0 Å². The van der Waals surface area contributed by atoms with Crippen molar-refractivity contribution in [3.05, 3.63) is 35.5 Å². The van der Waals surface area contributed by atoms with E-state index in [1.165, 1.54) is 12.2 Å². The second-order valence-corrected chi connectivity index (χ2v) is 5.34. The summed E-state index contributed by atoms with van der Waals surface area (Å²) in [6.45, 7) is 8.31. The molecule has 0 heterocycles. The van der Waals surface area contributed by atoms with Crippen molar-refractivity contribution >= 4 is 5.78 Å². The van der Waals surface area contributed by atoms with Crippen LogP contribution in [0.25, 0.3) is 0 Å². The highest BCUT2D eigenvalue weighted by Gasteiger charge is 2.24. The molecule has 0 saturated carbocycles. The van der Waals surface area contributed by atoms with Gasteiger partial charge in [-0.15, -0.1) is 0 Å². The van der Waals surface area contributed by atoms with Crippen LogP contribution in [0.4, 0.5) is 8.78 Å². The Hall–Kier alpha value is -1.25. The third-order valence-electron chi connectivity index (χ3n) is 3.58. The van der Waals surface area contributed by atoms with E-state index in [4.69, 9.17) is 0 Å². The highest BCUT2D eigenvalue weighted by molar-refractivity contribution is 5.78. The fourth-order valence-corrected chi connectivity index (χ4v) is 2.30. The number of hydrogen-bond acceptors (Lipinski definition) is 1. The summed E-state index contributed by atoms with van der Waals surface area (Å²) in [5.41, 5.74) is 0.959. The smallest absolute Gasteiger partial charge is 0.270 e. The van der Waals surface area contributed by atoms with Crippen LogP contribution in [0.2, 0.25) is 0 Å². The van der Waals surface area contributed by atoms with Gasteiger partial charge in [-0.2, -0.15) is 0 Å². The Kier molecular flexibility index (Phi) is 9.07. The van der Waals surface area contributed by atoms with Gasteiger partial charge in [-0.25, -0.2) is 8.78 Å². The van der Waals surface area contributed by atoms with Crippen molar-refractivity contribution < 1.29 is 13.6 Å². The Morgan fingerprint density at radius 3 is 2.14 bits per heavy atom. The van der Waals surface area contributed by atoms with Crippen molar-refractivity contribution in [3.63, 3.8) is 0 Å². The maximum absolute atomic E-state index is 13.4. The van der Waals surface area contributed by atoms with E-state index in [2.05, 4.69) is 6.92 Å². The first-order chi connectivity index (χ1) is 9.79. The van der Waals surface area contributed by atoms with Crippen molar-refractivity contribution in [1.29, 1.82) is 0 Å². The molecule has 0 aromatic heterocycles. The molecule has 120 valence electrons. The topological polar surface area (TPSA) is 17.1 Å². The molecule has 0 spiro atoms. The minimum Gasteiger partial charge on any atom is -0.300 e. The molecule has 0 N–H and O–H groups in total. The molecule has 0 amide bonds. The van der Waals surface area contributed by atoms with Crippen molar-refractivity contribution in [2.45, 2.75) is 66.2 Å². The number of rotatable bonds is 9. The maximum atomic E-state index is 13.4. The van der Waals surface area contributed by atoms with Crippen LogP contribution in [0, 0.1) is 5.92 Å². The highest BCUT2D eigenvalue weighted by Crippen LogP contribution is 2.27. The number of carbonyl (C=O) groups excluding carboxylic acids is 1. The third-order valence-corrected chi connectivity index (χ3v) is 3.58. The summed E-state index contributed by atoms with van der Waals surface area (Å²) in [4.78, 5) is 11.7. The lowest BCUT2D eigenvalue weighted by Gasteiger charge is -2.17. The molecule has 0 saturated heterocycles. The monoisotopic (exact) mass is 298 g/mol. The predicted molar refractivity (Wildman–Crippen MR) is 85.6 cm³/mol. The maximum Gasteiger partial charge on any atom is 0.270 e. The fourth-order valence-electron chi connectivity index (χ4n) is 2.30. The number of halogens is 2. The van der Waals surface area contributed by atoms with Gasteiger partial charge < -0.3 is 0 Å². The number of allylic oxidation sites excluding steroid dienone is 6. The molecule has 21 heavy (non-hydrogen) atoms. The highest BCUT2D eigenvalue weighted by atomic mass is 19.3. The van der Waals surface area contributed by atoms with E-state index >= 15 is 0 Å². The van der Waals surface area contributed by atoms with E-state index < -0.39 is 5.92 Å². The van der Waals surface area contributed by atoms with Crippen LogP contribution in [-0.4, -0.2) is 11.7 Å². The first kappa shape index (κ1) is 19.8. The van der Waals surface area contributed by atoms with Crippen molar-refractivity contribution in [2.75, 3.05) is 0 Å². The van der Waals surface area contributed by atoms with Gasteiger partial charge >= 0.3 is 0 Å². The Balaban J connectivity index is 5.15. The molecular formula is C18H28F2O. The van der Waals surface area contributed by atoms with Crippen LogP contribution in [0.5, 0.6) is 0 Å². The summed E-state index contributed by atoms with van der Waals surface area (Å²) in [7, 11) is 0. The van der Waals surface area contributed by atoms with Crippen molar-refractivity contribution in [2.24, 2.45) is 5.92 Å². The normalized spacial score (nSPS) is 15.6. The van der Waals surface area contributed by atoms with E-state index in [-0.39, 0.29) is 17.3 Å². The average Bonchev–Trinajstić information content (AvgIpc) is 2.41. The van der Waals surface area contributed by atoms with Crippen molar-refractivity contribution in [3.8, 4) is 0 Å². The number of ketones is 1. The first-order valence-electron chi connectivity index (χ1n) is 7.70. The van der Waals surface area contributed by atoms with Gasteiger partial charge in [0.15, 0.2) is 0 Å². The SMILES string of the molecule is C\C=C(/C=C\C(=C/C)C(C)(F)F)C(CCC)CC(=O)CC. The van der Waals surface area contributed by atoms with Crippen LogP contribution < -0.4 is 0 Å². The molecule has 1 nitrogen and oxygen atoms in total. The van der Waals surface area contributed by atoms with E-state index in [0.29, 0.717) is 12.8 Å². The standard InChI is InChI=1S/C18H28F2O/c1-6-10-15(13-17(21)9-4)14(7-2)11-12-16(8-3)18(5,19)20/h7-8,11-12,15H,6,9-10,13H2,1-5H3/b12-11-,14-7+,16-8+. The van der Waals surface area contributed by atoms with Crippen LogP contribution in [0.3, 0.4) is 0 Å². The summed E-state index contributed by atoms with van der Waals surface area (Å²) in [5, 5.41) is 0. The molecule has 3 heteroatoms. The van der Waals surface area contributed by atoms with Gasteiger partial charge in [-0.05, 0) is 31.8 Å². The molecule has 0 aliphatic carbocycles. The Morgan fingerprint density at radius 2 is 1.76 bits per heavy atom. The summed E-state index contributed by atoms with van der Waals surface area (Å²) < 4.78 is 26.7. The summed E-state index contributed by atoms with van der Waals surface area (Å²) in [5.74, 6) is -2.51. The molecular weight excluding hydrogens is 270 g/mol. The van der Waals surface area contributed by atoms with Crippen LogP contribution in [0.15, 0.2) is 35.5 Å². The third kappa shape index (κ3) is 7.35. The molecule has 0 aliphatic heterocycles. The number of carbonyl (C=O) groups is 1. The Labute approximate surface area is 127 Å². The zero-order valence-corrected chi connectivity index (χ0v) is 13.9. The van der Waals surface area contributed by atoms with Gasteiger partial charge in [0.25, 0.3) is 5.92 Å². The molecule has 0 rings (SSSR count).